The maximum absolute atomic E-state index is 11.8. The van der Waals surface area contributed by atoms with Crippen LogP contribution in [0.4, 0.5) is 4.79 Å². The first-order valence-corrected chi connectivity index (χ1v) is 8.07. The summed E-state index contributed by atoms with van der Waals surface area (Å²) in [7, 11) is 1.50. The van der Waals surface area contributed by atoms with Crippen molar-refractivity contribution in [3.8, 4) is 0 Å². The standard InChI is InChI=1S/C13H24N2O4S/c1-19-8-5-10(11(16)17)15-12(18)14-9-13(20-2)6-3-4-7-13/h10H,3-9H2,1-2H3,(H,16,17)(H2,14,15,18). The monoisotopic (exact) mass is 304 g/mol. The Balaban J connectivity index is 2.39. The number of ether oxygens (including phenoxy) is 1. The van der Waals surface area contributed by atoms with Crippen LogP contribution in [0.1, 0.15) is 32.1 Å². The molecule has 0 aliphatic heterocycles. The number of hydrogen-bond donors (Lipinski definition) is 3. The largest absolute Gasteiger partial charge is 0.480 e. The summed E-state index contributed by atoms with van der Waals surface area (Å²) in [4.78, 5) is 22.8. The number of methoxy groups -OCH3 is 1. The number of carboxylic acid groups (broad SMARTS) is 1. The van der Waals surface area contributed by atoms with Gasteiger partial charge in [0.1, 0.15) is 6.04 Å². The van der Waals surface area contributed by atoms with Gasteiger partial charge in [0, 0.05) is 31.4 Å². The van der Waals surface area contributed by atoms with Crippen LogP contribution in [0.25, 0.3) is 0 Å². The van der Waals surface area contributed by atoms with Crippen LogP contribution in [0, 0.1) is 0 Å². The van der Waals surface area contributed by atoms with E-state index < -0.39 is 18.0 Å². The lowest BCUT2D eigenvalue weighted by Gasteiger charge is -2.27. The Morgan fingerprint density at radius 2 is 2.05 bits per heavy atom. The first-order chi connectivity index (χ1) is 9.53. The van der Waals surface area contributed by atoms with Crippen molar-refractivity contribution < 1.29 is 19.4 Å². The van der Waals surface area contributed by atoms with E-state index in [0.29, 0.717) is 13.2 Å². The minimum absolute atomic E-state index is 0.114. The molecule has 20 heavy (non-hydrogen) atoms. The van der Waals surface area contributed by atoms with Crippen molar-refractivity contribution in [2.45, 2.75) is 42.9 Å². The Hall–Kier alpha value is -0.950. The van der Waals surface area contributed by atoms with Crippen LogP contribution in [0.2, 0.25) is 0 Å². The average Bonchev–Trinajstić information content (AvgIpc) is 2.90. The molecular formula is C13H24N2O4S. The summed E-state index contributed by atoms with van der Waals surface area (Å²) >= 11 is 1.78. The molecule has 7 heteroatoms. The van der Waals surface area contributed by atoms with Crippen molar-refractivity contribution in [1.82, 2.24) is 10.6 Å². The topological polar surface area (TPSA) is 87.7 Å². The Kier molecular flexibility index (Phi) is 7.15. The number of urea groups is 1. The van der Waals surface area contributed by atoms with Gasteiger partial charge in [-0.2, -0.15) is 11.8 Å². The molecule has 3 N–H and O–H groups in total. The van der Waals surface area contributed by atoms with E-state index in [1.165, 1.54) is 20.0 Å². The molecule has 0 radical (unpaired) electrons. The maximum Gasteiger partial charge on any atom is 0.326 e. The number of nitrogens with one attached hydrogen (secondary N) is 2. The van der Waals surface area contributed by atoms with E-state index in [9.17, 15) is 9.59 Å². The third-order valence-electron chi connectivity index (χ3n) is 3.73. The quantitative estimate of drug-likeness (QED) is 0.632. The predicted octanol–water partition coefficient (Wildman–Crippen LogP) is 1.45. The molecule has 0 aromatic heterocycles. The van der Waals surface area contributed by atoms with Gasteiger partial charge in [-0.15, -0.1) is 0 Å². The summed E-state index contributed by atoms with van der Waals surface area (Å²) < 4.78 is 4.95. The van der Waals surface area contributed by atoms with Crippen molar-refractivity contribution in [3.63, 3.8) is 0 Å². The summed E-state index contributed by atoms with van der Waals surface area (Å²) in [5, 5.41) is 14.3. The lowest BCUT2D eigenvalue weighted by Crippen LogP contribution is -2.49. The van der Waals surface area contributed by atoms with Crippen molar-refractivity contribution in [3.05, 3.63) is 0 Å². The molecule has 1 aliphatic rings. The number of hydrogen-bond acceptors (Lipinski definition) is 4. The zero-order valence-electron chi connectivity index (χ0n) is 12.1. The van der Waals surface area contributed by atoms with Crippen LogP contribution in [0.3, 0.4) is 0 Å². The van der Waals surface area contributed by atoms with Crippen LogP contribution >= 0.6 is 11.8 Å². The van der Waals surface area contributed by atoms with E-state index >= 15 is 0 Å². The van der Waals surface area contributed by atoms with Gasteiger partial charge >= 0.3 is 12.0 Å². The number of carbonyl (C=O) groups excluding carboxylic acids is 1. The molecule has 1 atom stereocenters. The SMILES string of the molecule is COCCC(NC(=O)NCC1(SC)CCCC1)C(=O)O. The number of aliphatic carboxylic acids is 1. The Bertz CT molecular complexity index is 332. The molecule has 1 saturated carbocycles. The molecule has 1 unspecified atom stereocenters. The minimum Gasteiger partial charge on any atom is -0.480 e. The molecule has 1 aliphatic carbocycles. The number of thioether (sulfide) groups is 1. The van der Waals surface area contributed by atoms with Gasteiger partial charge in [-0.25, -0.2) is 9.59 Å². The van der Waals surface area contributed by atoms with Gasteiger partial charge in [0.05, 0.1) is 0 Å². The third kappa shape index (κ3) is 5.20. The fourth-order valence-electron chi connectivity index (χ4n) is 2.42. The van der Waals surface area contributed by atoms with E-state index in [1.54, 1.807) is 11.8 Å². The molecule has 1 rings (SSSR count). The van der Waals surface area contributed by atoms with Crippen LogP contribution in [0.5, 0.6) is 0 Å². The number of amides is 2. The number of carboxylic acids is 1. The lowest BCUT2D eigenvalue weighted by molar-refractivity contribution is -0.139. The van der Waals surface area contributed by atoms with E-state index in [1.807, 2.05) is 0 Å². The van der Waals surface area contributed by atoms with Crippen LogP contribution in [0.15, 0.2) is 0 Å². The maximum atomic E-state index is 11.8. The molecular weight excluding hydrogens is 280 g/mol. The highest BCUT2D eigenvalue weighted by Gasteiger charge is 2.33. The predicted molar refractivity (Wildman–Crippen MR) is 79.2 cm³/mol. The second kappa shape index (κ2) is 8.36. The van der Waals surface area contributed by atoms with Gasteiger partial charge in [-0.05, 0) is 19.1 Å². The zero-order valence-corrected chi connectivity index (χ0v) is 12.9. The molecule has 116 valence electrons. The molecule has 6 nitrogen and oxygen atoms in total. The summed E-state index contributed by atoms with van der Waals surface area (Å²) in [6.07, 6.45) is 6.89. The molecule has 2 amide bonds. The van der Waals surface area contributed by atoms with Gasteiger partial charge < -0.3 is 20.5 Å². The summed E-state index contributed by atoms with van der Waals surface area (Å²) in [6.45, 7) is 0.878. The second-order valence-electron chi connectivity index (χ2n) is 5.09. The van der Waals surface area contributed by atoms with Gasteiger partial charge in [0.25, 0.3) is 0 Å². The first-order valence-electron chi connectivity index (χ1n) is 6.84. The molecule has 0 heterocycles. The third-order valence-corrected chi connectivity index (χ3v) is 5.15. The second-order valence-corrected chi connectivity index (χ2v) is 6.37. The average molecular weight is 304 g/mol. The fraction of sp³-hybridized carbons (Fsp3) is 0.846. The molecule has 0 saturated heterocycles. The summed E-state index contributed by atoms with van der Waals surface area (Å²) in [5.41, 5.74) is 0. The highest BCUT2D eigenvalue weighted by molar-refractivity contribution is 8.00. The lowest BCUT2D eigenvalue weighted by atomic mass is 10.1. The molecule has 0 spiro atoms. The van der Waals surface area contributed by atoms with Crippen LogP contribution < -0.4 is 10.6 Å². The molecule has 0 bridgehead atoms. The van der Waals surface area contributed by atoms with E-state index in [2.05, 4.69) is 16.9 Å². The summed E-state index contributed by atoms with van der Waals surface area (Å²) in [6, 6.07) is -1.34. The van der Waals surface area contributed by atoms with Gasteiger partial charge in [0.2, 0.25) is 0 Å². The smallest absolute Gasteiger partial charge is 0.326 e. The van der Waals surface area contributed by atoms with Crippen molar-refractivity contribution >= 4 is 23.8 Å². The first kappa shape index (κ1) is 17.1. The Morgan fingerprint density at radius 1 is 1.40 bits per heavy atom. The minimum atomic E-state index is -1.04. The van der Waals surface area contributed by atoms with Crippen molar-refractivity contribution in [1.29, 1.82) is 0 Å². The number of rotatable bonds is 8. The highest BCUT2D eigenvalue weighted by Crippen LogP contribution is 2.39. The number of carbonyl (C=O) groups is 2. The molecule has 0 aromatic carbocycles. The van der Waals surface area contributed by atoms with Gasteiger partial charge in [0.15, 0.2) is 0 Å². The summed E-state index contributed by atoms with van der Waals surface area (Å²) in [5.74, 6) is -1.04. The normalized spacial score (nSPS) is 18.5. The highest BCUT2D eigenvalue weighted by atomic mass is 32.2. The van der Waals surface area contributed by atoms with Crippen LogP contribution in [-0.4, -0.2) is 54.4 Å². The molecule has 1 fully saturated rings. The molecule has 0 aromatic rings. The van der Waals surface area contributed by atoms with Gasteiger partial charge in [-0.3, -0.25) is 0 Å². The van der Waals surface area contributed by atoms with Crippen molar-refractivity contribution in [2.75, 3.05) is 26.5 Å². The Morgan fingerprint density at radius 3 is 2.55 bits per heavy atom. The van der Waals surface area contributed by atoms with Crippen LogP contribution in [-0.2, 0) is 9.53 Å². The Labute approximate surface area is 124 Å². The van der Waals surface area contributed by atoms with E-state index in [4.69, 9.17) is 9.84 Å². The van der Waals surface area contributed by atoms with Crippen molar-refractivity contribution in [2.24, 2.45) is 0 Å². The zero-order chi connectivity index (χ0) is 15.0. The van der Waals surface area contributed by atoms with E-state index in [-0.39, 0.29) is 11.2 Å². The van der Waals surface area contributed by atoms with E-state index in [0.717, 1.165) is 12.8 Å². The van der Waals surface area contributed by atoms with Gasteiger partial charge in [-0.1, -0.05) is 12.8 Å². The fourth-order valence-corrected chi connectivity index (χ4v) is 3.33.